The molecule has 1 aromatic carbocycles. The Labute approximate surface area is 120 Å². The highest BCUT2D eigenvalue weighted by Gasteiger charge is 2.24. The number of hydrogen-bond acceptors (Lipinski definition) is 2. The van der Waals surface area contributed by atoms with Crippen molar-refractivity contribution in [1.82, 2.24) is 9.97 Å². The zero-order valence-corrected chi connectivity index (χ0v) is 12.1. The largest absolute Gasteiger partial charge is 0.231 e. The van der Waals surface area contributed by atoms with Gasteiger partial charge in [-0.1, -0.05) is 48.4 Å². The first-order valence-corrected chi connectivity index (χ1v) is 7.21. The minimum absolute atomic E-state index is 0.484. The zero-order valence-electron chi connectivity index (χ0n) is 9.74. The molecule has 1 saturated carbocycles. The molecule has 0 atom stereocenters. The molecule has 92 valence electrons. The van der Waals surface area contributed by atoms with E-state index in [9.17, 15) is 0 Å². The molecule has 4 heteroatoms. The molecule has 0 N–H and O–H groups in total. The van der Waals surface area contributed by atoms with Crippen LogP contribution in [0.3, 0.4) is 0 Å². The van der Waals surface area contributed by atoms with Gasteiger partial charge in [-0.2, -0.15) is 0 Å². The minimum Gasteiger partial charge on any atom is -0.231 e. The predicted octanol–water partition coefficient (Wildman–Crippen LogP) is 4.83. The average molecular weight is 324 g/mol. The smallest absolute Gasteiger partial charge is 0.147 e. The van der Waals surface area contributed by atoms with Crippen LogP contribution >= 0.6 is 27.5 Å². The molecule has 18 heavy (non-hydrogen) atoms. The average Bonchev–Trinajstić information content (AvgIpc) is 2.32. The van der Waals surface area contributed by atoms with Crippen LogP contribution in [0.1, 0.15) is 31.0 Å². The standard InChI is InChI=1S/C14H12BrClN2/c15-11-12(9-5-2-1-3-6-9)17-14(18-13(11)16)10-7-4-8-10/h1-3,5-6,10H,4,7-8H2. The van der Waals surface area contributed by atoms with E-state index < -0.39 is 0 Å². The van der Waals surface area contributed by atoms with E-state index in [2.05, 4.69) is 25.9 Å². The van der Waals surface area contributed by atoms with Crippen LogP contribution < -0.4 is 0 Å². The molecule has 0 aliphatic heterocycles. The van der Waals surface area contributed by atoms with E-state index in [0.717, 1.165) is 21.6 Å². The maximum atomic E-state index is 6.20. The molecule has 0 saturated heterocycles. The molecule has 3 rings (SSSR count). The SMILES string of the molecule is Clc1nc(C2CCC2)nc(-c2ccccc2)c1Br. The Hall–Kier alpha value is -0.930. The van der Waals surface area contributed by atoms with Crippen LogP contribution in [0.15, 0.2) is 34.8 Å². The lowest BCUT2D eigenvalue weighted by atomic mass is 9.85. The van der Waals surface area contributed by atoms with Crippen LogP contribution in [-0.2, 0) is 0 Å². The molecule has 0 spiro atoms. The van der Waals surface area contributed by atoms with Crippen LogP contribution in [0, 0.1) is 0 Å². The molecule has 1 aliphatic carbocycles. The lowest BCUT2D eigenvalue weighted by Crippen LogP contribution is -2.13. The number of halogens is 2. The Kier molecular flexibility index (Phi) is 3.35. The first-order chi connectivity index (χ1) is 8.75. The lowest BCUT2D eigenvalue weighted by molar-refractivity contribution is 0.401. The third-order valence-corrected chi connectivity index (χ3v) is 4.60. The number of hydrogen-bond donors (Lipinski definition) is 0. The molecule has 2 nitrogen and oxygen atoms in total. The Morgan fingerprint density at radius 3 is 2.44 bits per heavy atom. The molecule has 1 aliphatic rings. The summed E-state index contributed by atoms with van der Waals surface area (Å²) in [5.41, 5.74) is 1.95. The summed E-state index contributed by atoms with van der Waals surface area (Å²) in [7, 11) is 0. The molecule has 0 unspecified atom stereocenters. The van der Waals surface area contributed by atoms with Crippen LogP contribution in [0.4, 0.5) is 0 Å². The van der Waals surface area contributed by atoms with Crippen molar-refractivity contribution >= 4 is 27.5 Å². The zero-order chi connectivity index (χ0) is 12.5. The summed E-state index contributed by atoms with van der Waals surface area (Å²) in [6, 6.07) is 10.1. The fourth-order valence-electron chi connectivity index (χ4n) is 2.07. The van der Waals surface area contributed by atoms with E-state index in [0.29, 0.717) is 11.1 Å². The highest BCUT2D eigenvalue weighted by Crippen LogP contribution is 2.38. The van der Waals surface area contributed by atoms with E-state index >= 15 is 0 Å². The topological polar surface area (TPSA) is 25.8 Å². The molecule has 0 radical (unpaired) electrons. The summed E-state index contributed by atoms with van der Waals surface area (Å²) < 4.78 is 0.776. The van der Waals surface area contributed by atoms with Gasteiger partial charge in [0.25, 0.3) is 0 Å². The highest BCUT2D eigenvalue weighted by molar-refractivity contribution is 9.10. The van der Waals surface area contributed by atoms with Gasteiger partial charge < -0.3 is 0 Å². The van der Waals surface area contributed by atoms with Gasteiger partial charge in [-0.3, -0.25) is 0 Å². The molecule has 1 fully saturated rings. The van der Waals surface area contributed by atoms with E-state index in [1.807, 2.05) is 30.3 Å². The van der Waals surface area contributed by atoms with Crippen molar-refractivity contribution in [3.63, 3.8) is 0 Å². The second-order valence-electron chi connectivity index (χ2n) is 4.53. The molecule has 1 heterocycles. The number of benzene rings is 1. The van der Waals surface area contributed by atoms with Crippen LogP contribution in [-0.4, -0.2) is 9.97 Å². The van der Waals surface area contributed by atoms with Crippen molar-refractivity contribution in [2.24, 2.45) is 0 Å². The van der Waals surface area contributed by atoms with Gasteiger partial charge in [0.1, 0.15) is 11.0 Å². The molecule has 0 bridgehead atoms. The third kappa shape index (κ3) is 2.17. The Morgan fingerprint density at radius 2 is 1.83 bits per heavy atom. The van der Waals surface area contributed by atoms with Gasteiger partial charge in [0, 0.05) is 11.5 Å². The van der Waals surface area contributed by atoms with Crippen LogP contribution in [0.2, 0.25) is 5.15 Å². The Bertz CT molecular complexity index is 568. The van der Waals surface area contributed by atoms with Gasteiger partial charge in [-0.05, 0) is 28.8 Å². The molecule has 2 aromatic rings. The van der Waals surface area contributed by atoms with Crippen LogP contribution in [0.5, 0.6) is 0 Å². The number of rotatable bonds is 2. The number of nitrogens with zero attached hydrogens (tertiary/aromatic N) is 2. The van der Waals surface area contributed by atoms with Crippen molar-refractivity contribution in [3.05, 3.63) is 45.8 Å². The normalized spacial score (nSPS) is 15.4. The predicted molar refractivity (Wildman–Crippen MR) is 76.8 cm³/mol. The molecular formula is C14H12BrClN2. The molecule has 1 aromatic heterocycles. The monoisotopic (exact) mass is 322 g/mol. The second kappa shape index (κ2) is 4.98. The number of aromatic nitrogens is 2. The fourth-order valence-corrected chi connectivity index (χ4v) is 2.65. The quantitative estimate of drug-likeness (QED) is 0.740. The van der Waals surface area contributed by atoms with Crippen molar-refractivity contribution in [1.29, 1.82) is 0 Å². The van der Waals surface area contributed by atoms with Crippen molar-refractivity contribution in [3.8, 4) is 11.3 Å². The third-order valence-electron chi connectivity index (χ3n) is 3.35. The molecule has 0 amide bonds. The van der Waals surface area contributed by atoms with E-state index in [-0.39, 0.29) is 0 Å². The van der Waals surface area contributed by atoms with Gasteiger partial charge in [-0.15, -0.1) is 0 Å². The van der Waals surface area contributed by atoms with Gasteiger partial charge in [0.2, 0.25) is 0 Å². The second-order valence-corrected chi connectivity index (χ2v) is 5.68. The Morgan fingerprint density at radius 1 is 1.11 bits per heavy atom. The van der Waals surface area contributed by atoms with Gasteiger partial charge in [0.15, 0.2) is 0 Å². The van der Waals surface area contributed by atoms with E-state index in [1.165, 1.54) is 19.3 Å². The minimum atomic E-state index is 0.484. The summed E-state index contributed by atoms with van der Waals surface area (Å²) in [5.74, 6) is 1.37. The first kappa shape index (κ1) is 12.1. The van der Waals surface area contributed by atoms with Crippen molar-refractivity contribution in [2.75, 3.05) is 0 Å². The van der Waals surface area contributed by atoms with Crippen molar-refractivity contribution < 1.29 is 0 Å². The maximum Gasteiger partial charge on any atom is 0.147 e. The van der Waals surface area contributed by atoms with Gasteiger partial charge >= 0.3 is 0 Å². The summed E-state index contributed by atoms with van der Waals surface area (Å²) in [5, 5.41) is 0.505. The van der Waals surface area contributed by atoms with E-state index in [1.54, 1.807) is 0 Å². The van der Waals surface area contributed by atoms with Gasteiger partial charge in [0.05, 0.1) is 10.2 Å². The highest BCUT2D eigenvalue weighted by atomic mass is 79.9. The summed E-state index contributed by atoms with van der Waals surface area (Å²) >= 11 is 9.68. The lowest BCUT2D eigenvalue weighted by Gasteiger charge is -2.24. The summed E-state index contributed by atoms with van der Waals surface area (Å²) in [6.07, 6.45) is 3.61. The summed E-state index contributed by atoms with van der Waals surface area (Å²) in [4.78, 5) is 9.07. The summed E-state index contributed by atoms with van der Waals surface area (Å²) in [6.45, 7) is 0. The Balaban J connectivity index is 2.10. The van der Waals surface area contributed by atoms with Crippen molar-refractivity contribution in [2.45, 2.75) is 25.2 Å². The fraction of sp³-hybridized carbons (Fsp3) is 0.286. The van der Waals surface area contributed by atoms with Crippen LogP contribution in [0.25, 0.3) is 11.3 Å². The van der Waals surface area contributed by atoms with Gasteiger partial charge in [-0.25, -0.2) is 9.97 Å². The first-order valence-electron chi connectivity index (χ1n) is 6.04. The molecular weight excluding hydrogens is 312 g/mol. The maximum absolute atomic E-state index is 6.20. The van der Waals surface area contributed by atoms with E-state index in [4.69, 9.17) is 11.6 Å².